The van der Waals surface area contributed by atoms with E-state index < -0.39 is 0 Å². The molecule has 2 aromatic heterocycles. The van der Waals surface area contributed by atoms with E-state index in [2.05, 4.69) is 171 Å². The highest BCUT2D eigenvalue weighted by molar-refractivity contribution is 9.10. The lowest BCUT2D eigenvalue weighted by atomic mass is 10.2. The van der Waals surface area contributed by atoms with E-state index in [1.165, 1.54) is 55.0 Å². The minimum atomic E-state index is 0. The highest BCUT2D eigenvalue weighted by Crippen LogP contribution is 2.34. The van der Waals surface area contributed by atoms with Gasteiger partial charge in [-0.25, -0.2) is 0 Å². The van der Waals surface area contributed by atoms with E-state index >= 15 is 0 Å². The van der Waals surface area contributed by atoms with Crippen LogP contribution in [0.15, 0.2) is 156 Å². The fourth-order valence-corrected chi connectivity index (χ4v) is 5.94. The van der Waals surface area contributed by atoms with Crippen LogP contribution in [-0.2, 0) is 0 Å². The smallest absolute Gasteiger partial charge is 0.0541 e. The number of benzene rings is 6. The predicted molar refractivity (Wildman–Crippen MR) is 170 cm³/mol. The third-order valence-corrected chi connectivity index (χ3v) is 7.74. The van der Waals surface area contributed by atoms with E-state index in [1.54, 1.807) is 0 Å². The molecular formula is C36H26BrN2-. The summed E-state index contributed by atoms with van der Waals surface area (Å²) in [6, 6.07) is 53.2. The van der Waals surface area contributed by atoms with Crippen LogP contribution in [0.25, 0.3) is 55.0 Å². The van der Waals surface area contributed by atoms with Crippen LogP contribution in [-0.4, -0.2) is 9.13 Å². The minimum Gasteiger partial charge on any atom is -1.00 e. The van der Waals surface area contributed by atoms with Gasteiger partial charge in [-0.2, -0.15) is 0 Å². The van der Waals surface area contributed by atoms with E-state index in [4.69, 9.17) is 0 Å². The van der Waals surface area contributed by atoms with Crippen molar-refractivity contribution in [1.29, 1.82) is 0 Å². The Balaban J connectivity index is 0.000000141. The van der Waals surface area contributed by atoms with Crippen LogP contribution in [0.3, 0.4) is 0 Å². The van der Waals surface area contributed by atoms with Crippen LogP contribution in [0.2, 0.25) is 0 Å². The zero-order valence-electron chi connectivity index (χ0n) is 22.2. The Kier molecular flexibility index (Phi) is 5.99. The molecule has 0 aliphatic heterocycles. The first-order valence-corrected chi connectivity index (χ1v) is 13.9. The van der Waals surface area contributed by atoms with Crippen molar-refractivity contribution in [3.8, 4) is 11.4 Å². The first-order chi connectivity index (χ1) is 19.3. The van der Waals surface area contributed by atoms with Gasteiger partial charge in [-0.1, -0.05) is 107 Å². The summed E-state index contributed by atoms with van der Waals surface area (Å²) in [4.78, 5) is 0. The molecule has 0 saturated carbocycles. The number of fused-ring (bicyclic) bond motifs is 6. The van der Waals surface area contributed by atoms with Gasteiger partial charge in [-0.05, 0) is 60.7 Å². The predicted octanol–water partition coefficient (Wildman–Crippen LogP) is 10.4. The Morgan fingerprint density at radius 3 is 1.18 bits per heavy atom. The van der Waals surface area contributed by atoms with Crippen molar-refractivity contribution in [3.63, 3.8) is 0 Å². The normalized spacial score (nSPS) is 11.2. The molecule has 0 unspecified atom stereocenters. The highest BCUT2D eigenvalue weighted by atomic mass is 79.9. The average Bonchev–Trinajstić information content (AvgIpc) is 3.51. The number of aromatic nitrogens is 2. The number of halogens is 1. The SMILES string of the molecule is Brc1ccc2c(c1)c1ccccc1n2-c1ccccc1.[2H-].c1ccc(-n2c3ccccc3c3ccccc32)cc1. The van der Waals surface area contributed by atoms with Gasteiger partial charge in [-0.15, -0.1) is 0 Å². The standard InChI is InChI=1S/C18H12BrN.C18H13N.H/c19-13-10-11-18-16(12-13)15-8-4-5-9-17(15)20(18)14-6-2-1-3-7-14;1-2-8-14(9-3-1)19-17-12-6-4-10-15(17)16-11-5-7-13-18(16)19;/h1-12H;1-13H;/q;;-1/i;;1+1. The molecule has 0 spiro atoms. The molecule has 0 saturated heterocycles. The fraction of sp³-hybridized carbons (Fsp3) is 0. The number of hydrogen-bond acceptors (Lipinski definition) is 0. The Labute approximate surface area is 237 Å². The monoisotopic (exact) mass is 566 g/mol. The third kappa shape index (κ3) is 4.12. The van der Waals surface area contributed by atoms with Gasteiger partial charge in [0.1, 0.15) is 0 Å². The van der Waals surface area contributed by atoms with Crippen LogP contribution >= 0.6 is 15.9 Å². The van der Waals surface area contributed by atoms with Gasteiger partial charge in [-0.3, -0.25) is 0 Å². The Bertz CT molecular complexity index is 2020. The van der Waals surface area contributed by atoms with E-state index in [1.807, 2.05) is 6.07 Å². The van der Waals surface area contributed by atoms with E-state index in [0.717, 1.165) is 4.47 Å². The largest absolute Gasteiger partial charge is 1.00 e. The van der Waals surface area contributed by atoms with Crippen molar-refractivity contribution in [3.05, 3.63) is 156 Å². The molecule has 188 valence electrons. The molecule has 0 amide bonds. The van der Waals surface area contributed by atoms with E-state index in [-0.39, 0.29) is 1.43 Å². The summed E-state index contributed by atoms with van der Waals surface area (Å²) in [7, 11) is 0. The van der Waals surface area contributed by atoms with Crippen LogP contribution in [0.1, 0.15) is 1.43 Å². The van der Waals surface area contributed by atoms with Crippen molar-refractivity contribution in [2.24, 2.45) is 0 Å². The van der Waals surface area contributed by atoms with Crippen molar-refractivity contribution in [2.45, 2.75) is 0 Å². The number of nitrogens with zero attached hydrogens (tertiary/aromatic N) is 2. The van der Waals surface area contributed by atoms with Gasteiger partial charge in [0.25, 0.3) is 0 Å². The van der Waals surface area contributed by atoms with E-state index in [9.17, 15) is 0 Å². The second-order valence-corrected chi connectivity index (χ2v) is 10.5. The van der Waals surface area contributed by atoms with Gasteiger partial charge in [0, 0.05) is 37.4 Å². The molecule has 0 aliphatic rings. The number of hydrogen-bond donors (Lipinski definition) is 0. The average molecular weight is 568 g/mol. The number of para-hydroxylation sites is 5. The summed E-state index contributed by atoms with van der Waals surface area (Å²) in [5, 5.41) is 5.18. The van der Waals surface area contributed by atoms with Crippen molar-refractivity contribution >= 4 is 59.5 Å². The van der Waals surface area contributed by atoms with Gasteiger partial charge in [0.05, 0.1) is 22.1 Å². The highest BCUT2D eigenvalue weighted by Gasteiger charge is 2.12. The topological polar surface area (TPSA) is 9.86 Å². The summed E-state index contributed by atoms with van der Waals surface area (Å²) >= 11 is 3.57. The van der Waals surface area contributed by atoms with Gasteiger partial charge in [0.15, 0.2) is 0 Å². The molecule has 8 rings (SSSR count). The van der Waals surface area contributed by atoms with Gasteiger partial charge < -0.3 is 10.6 Å². The molecule has 8 aromatic rings. The zero-order valence-corrected chi connectivity index (χ0v) is 22.8. The lowest BCUT2D eigenvalue weighted by molar-refractivity contribution is 1.18. The Hall–Kier alpha value is -4.60. The molecule has 0 radical (unpaired) electrons. The summed E-state index contributed by atoms with van der Waals surface area (Å²) < 4.78 is 5.75. The molecule has 0 N–H and O–H groups in total. The molecule has 0 aliphatic carbocycles. The molecule has 0 bridgehead atoms. The fourth-order valence-electron chi connectivity index (χ4n) is 5.58. The van der Waals surface area contributed by atoms with Crippen LogP contribution < -0.4 is 0 Å². The summed E-state index contributed by atoms with van der Waals surface area (Å²) in [5.74, 6) is 0. The first-order valence-electron chi connectivity index (χ1n) is 13.1. The molecule has 2 heterocycles. The molecule has 6 aromatic carbocycles. The first kappa shape index (κ1) is 23.5. The summed E-state index contributed by atoms with van der Waals surface area (Å²) in [6.07, 6.45) is 0. The van der Waals surface area contributed by atoms with Crippen molar-refractivity contribution in [2.75, 3.05) is 0 Å². The van der Waals surface area contributed by atoms with Crippen LogP contribution in [0.5, 0.6) is 0 Å². The lowest BCUT2D eigenvalue weighted by Crippen LogP contribution is -1.92. The third-order valence-electron chi connectivity index (χ3n) is 7.24. The van der Waals surface area contributed by atoms with E-state index in [0.29, 0.717) is 0 Å². The lowest BCUT2D eigenvalue weighted by Gasteiger charge is -2.07. The molecule has 39 heavy (non-hydrogen) atoms. The molecule has 0 atom stereocenters. The summed E-state index contributed by atoms with van der Waals surface area (Å²) in [5.41, 5.74) is 7.40. The van der Waals surface area contributed by atoms with Crippen molar-refractivity contribution < 1.29 is 1.43 Å². The van der Waals surface area contributed by atoms with Gasteiger partial charge >= 0.3 is 0 Å². The minimum absolute atomic E-state index is 0. The number of rotatable bonds is 2. The van der Waals surface area contributed by atoms with Crippen molar-refractivity contribution in [1.82, 2.24) is 9.13 Å². The maximum Gasteiger partial charge on any atom is 0.0541 e. The maximum atomic E-state index is 3.57. The molecular weight excluding hydrogens is 540 g/mol. The Morgan fingerprint density at radius 2 is 0.718 bits per heavy atom. The van der Waals surface area contributed by atoms with Crippen LogP contribution in [0, 0.1) is 0 Å². The van der Waals surface area contributed by atoms with Crippen LogP contribution in [0.4, 0.5) is 0 Å². The second-order valence-electron chi connectivity index (χ2n) is 9.55. The zero-order chi connectivity index (χ0) is 26.2. The second kappa shape index (κ2) is 9.94. The Morgan fingerprint density at radius 1 is 0.359 bits per heavy atom. The quantitative estimate of drug-likeness (QED) is 0.197. The van der Waals surface area contributed by atoms with Gasteiger partial charge in [0.2, 0.25) is 0 Å². The molecule has 0 fully saturated rings. The molecule has 2 nitrogen and oxygen atoms in total. The molecule has 3 heteroatoms. The summed E-state index contributed by atoms with van der Waals surface area (Å²) in [6.45, 7) is 0. The maximum absolute atomic E-state index is 3.57.